The highest BCUT2D eigenvalue weighted by Crippen LogP contribution is 2.24. The Bertz CT molecular complexity index is 579. The topological polar surface area (TPSA) is 59.1 Å². The zero-order valence-electron chi connectivity index (χ0n) is 9.91. The van der Waals surface area contributed by atoms with Crippen molar-refractivity contribution in [1.82, 2.24) is 0 Å². The van der Waals surface area contributed by atoms with Gasteiger partial charge >= 0.3 is 0 Å². The molecule has 0 aliphatic carbocycles. The van der Waals surface area contributed by atoms with Gasteiger partial charge in [-0.25, -0.2) is 0 Å². The summed E-state index contributed by atoms with van der Waals surface area (Å²) >= 11 is 5.80. The number of benzene rings is 2. The zero-order chi connectivity index (χ0) is 13.1. The quantitative estimate of drug-likeness (QED) is 0.653. The van der Waals surface area contributed by atoms with Crippen LogP contribution in [0.4, 0.5) is 0 Å². The molecular weight excluding hydrogens is 248 g/mol. The molecule has 0 saturated carbocycles. The highest BCUT2D eigenvalue weighted by molar-refractivity contribution is 6.30. The van der Waals surface area contributed by atoms with Gasteiger partial charge in [-0.1, -0.05) is 11.6 Å². The van der Waals surface area contributed by atoms with Crippen LogP contribution >= 0.6 is 11.6 Å². The van der Waals surface area contributed by atoms with Crippen molar-refractivity contribution in [3.05, 3.63) is 58.6 Å². The van der Waals surface area contributed by atoms with Gasteiger partial charge in [-0.05, 0) is 55.0 Å². The van der Waals surface area contributed by atoms with Gasteiger partial charge in [0.1, 0.15) is 17.3 Å². The summed E-state index contributed by atoms with van der Waals surface area (Å²) in [6, 6.07) is 12.6. The average molecular weight is 261 g/mol. The molecule has 0 heterocycles. The lowest BCUT2D eigenvalue weighted by atomic mass is 10.1. The predicted octanol–water partition coefficient (Wildman–Crippen LogP) is 3.72. The number of nitrogens with two attached hydrogens (primary N) is 1. The molecule has 4 heteroatoms. The molecule has 18 heavy (non-hydrogen) atoms. The van der Waals surface area contributed by atoms with Crippen molar-refractivity contribution in [3.63, 3.8) is 0 Å². The summed E-state index contributed by atoms with van der Waals surface area (Å²) in [5.74, 6) is 1.49. The Morgan fingerprint density at radius 2 is 1.72 bits per heavy atom. The lowest BCUT2D eigenvalue weighted by molar-refractivity contribution is 0.482. The van der Waals surface area contributed by atoms with Crippen molar-refractivity contribution < 1.29 is 4.74 Å². The molecule has 2 rings (SSSR count). The summed E-state index contributed by atoms with van der Waals surface area (Å²) in [5.41, 5.74) is 7.09. The Morgan fingerprint density at radius 3 is 2.28 bits per heavy atom. The van der Waals surface area contributed by atoms with Gasteiger partial charge in [0, 0.05) is 10.6 Å². The van der Waals surface area contributed by atoms with Gasteiger partial charge in [0.2, 0.25) is 0 Å². The maximum absolute atomic E-state index is 7.41. The Kier molecular flexibility index (Phi) is 3.53. The van der Waals surface area contributed by atoms with E-state index >= 15 is 0 Å². The van der Waals surface area contributed by atoms with Crippen LogP contribution in [0.3, 0.4) is 0 Å². The summed E-state index contributed by atoms with van der Waals surface area (Å²) in [4.78, 5) is 0. The predicted molar refractivity (Wildman–Crippen MR) is 73.7 cm³/mol. The summed E-state index contributed by atoms with van der Waals surface area (Å²) in [7, 11) is 0. The van der Waals surface area contributed by atoms with Crippen LogP contribution in [0.25, 0.3) is 0 Å². The van der Waals surface area contributed by atoms with Gasteiger partial charge < -0.3 is 10.5 Å². The lowest BCUT2D eigenvalue weighted by Gasteiger charge is -2.09. The number of rotatable bonds is 3. The number of aryl methyl sites for hydroxylation is 1. The first-order valence-corrected chi connectivity index (χ1v) is 5.82. The van der Waals surface area contributed by atoms with Gasteiger partial charge in [-0.2, -0.15) is 0 Å². The monoisotopic (exact) mass is 260 g/mol. The van der Waals surface area contributed by atoms with Crippen LogP contribution < -0.4 is 10.5 Å². The second kappa shape index (κ2) is 5.10. The third-order valence-electron chi connectivity index (χ3n) is 2.54. The number of nitrogen functional groups attached to an aromatic ring is 1. The lowest BCUT2D eigenvalue weighted by Crippen LogP contribution is -2.12. The third-order valence-corrected chi connectivity index (χ3v) is 2.79. The van der Waals surface area contributed by atoms with E-state index in [4.69, 9.17) is 27.5 Å². The van der Waals surface area contributed by atoms with Gasteiger partial charge in [-0.3, -0.25) is 5.41 Å². The second-order valence-electron chi connectivity index (χ2n) is 3.95. The second-order valence-corrected chi connectivity index (χ2v) is 4.38. The first-order valence-electron chi connectivity index (χ1n) is 5.45. The molecule has 0 radical (unpaired) electrons. The molecule has 0 unspecified atom stereocenters. The number of amidine groups is 1. The van der Waals surface area contributed by atoms with E-state index in [1.165, 1.54) is 0 Å². The molecule has 3 N–H and O–H groups in total. The van der Waals surface area contributed by atoms with E-state index in [1.807, 2.05) is 13.0 Å². The molecule has 2 aromatic carbocycles. The zero-order valence-corrected chi connectivity index (χ0v) is 10.7. The smallest absolute Gasteiger partial charge is 0.127 e. The van der Waals surface area contributed by atoms with Crippen molar-refractivity contribution in [1.29, 1.82) is 5.41 Å². The standard InChI is InChI=1S/C14H13ClN2O/c1-9-8-12(6-7-13(9)14(16)17)18-11-4-2-10(15)3-5-11/h2-8H,1H3,(H3,16,17). The van der Waals surface area contributed by atoms with Crippen molar-refractivity contribution in [2.24, 2.45) is 5.73 Å². The maximum atomic E-state index is 7.41. The van der Waals surface area contributed by atoms with Crippen LogP contribution in [0.5, 0.6) is 11.5 Å². The third kappa shape index (κ3) is 2.81. The number of hydrogen-bond donors (Lipinski definition) is 2. The van der Waals surface area contributed by atoms with E-state index in [9.17, 15) is 0 Å². The number of hydrogen-bond acceptors (Lipinski definition) is 2. The van der Waals surface area contributed by atoms with E-state index in [0.717, 1.165) is 16.9 Å². The molecule has 0 amide bonds. The fraction of sp³-hybridized carbons (Fsp3) is 0.0714. The fourth-order valence-electron chi connectivity index (χ4n) is 1.64. The van der Waals surface area contributed by atoms with Crippen LogP contribution in [-0.4, -0.2) is 5.84 Å². The van der Waals surface area contributed by atoms with Gasteiger partial charge in [-0.15, -0.1) is 0 Å². The first-order chi connectivity index (χ1) is 8.56. The normalized spacial score (nSPS) is 10.1. The molecule has 0 atom stereocenters. The highest BCUT2D eigenvalue weighted by Gasteiger charge is 2.04. The minimum Gasteiger partial charge on any atom is -0.457 e. The van der Waals surface area contributed by atoms with Crippen LogP contribution in [0, 0.1) is 12.3 Å². The van der Waals surface area contributed by atoms with Gasteiger partial charge in [0.15, 0.2) is 0 Å². The molecule has 0 aliphatic heterocycles. The minimum atomic E-state index is 0.0607. The van der Waals surface area contributed by atoms with Crippen LogP contribution in [0.15, 0.2) is 42.5 Å². The van der Waals surface area contributed by atoms with Gasteiger partial charge in [0.05, 0.1) is 0 Å². The average Bonchev–Trinajstić information content (AvgIpc) is 2.32. The van der Waals surface area contributed by atoms with Crippen molar-refractivity contribution in [2.75, 3.05) is 0 Å². The van der Waals surface area contributed by atoms with E-state index in [1.54, 1.807) is 36.4 Å². The molecule has 3 nitrogen and oxygen atoms in total. The summed E-state index contributed by atoms with van der Waals surface area (Å²) in [6.07, 6.45) is 0. The Morgan fingerprint density at radius 1 is 1.11 bits per heavy atom. The van der Waals surface area contributed by atoms with Crippen LogP contribution in [0.2, 0.25) is 5.02 Å². The molecule has 0 fully saturated rings. The van der Waals surface area contributed by atoms with E-state index in [-0.39, 0.29) is 5.84 Å². The maximum Gasteiger partial charge on any atom is 0.127 e. The SMILES string of the molecule is Cc1cc(Oc2ccc(Cl)cc2)ccc1C(=N)N. The number of nitrogens with one attached hydrogen (secondary N) is 1. The molecule has 0 bridgehead atoms. The Hall–Kier alpha value is -2.00. The van der Waals surface area contributed by atoms with Gasteiger partial charge in [0.25, 0.3) is 0 Å². The largest absolute Gasteiger partial charge is 0.457 e. The Balaban J connectivity index is 2.22. The highest BCUT2D eigenvalue weighted by atomic mass is 35.5. The minimum absolute atomic E-state index is 0.0607. The van der Waals surface area contributed by atoms with E-state index < -0.39 is 0 Å². The van der Waals surface area contributed by atoms with E-state index in [0.29, 0.717) is 10.8 Å². The molecule has 0 saturated heterocycles. The molecule has 0 aromatic heterocycles. The van der Waals surface area contributed by atoms with Crippen molar-refractivity contribution >= 4 is 17.4 Å². The summed E-state index contributed by atoms with van der Waals surface area (Å²) in [5, 5.41) is 8.09. The summed E-state index contributed by atoms with van der Waals surface area (Å²) in [6.45, 7) is 1.89. The van der Waals surface area contributed by atoms with Crippen molar-refractivity contribution in [3.8, 4) is 11.5 Å². The molecular formula is C14H13ClN2O. The van der Waals surface area contributed by atoms with Crippen molar-refractivity contribution in [2.45, 2.75) is 6.92 Å². The van der Waals surface area contributed by atoms with Crippen LogP contribution in [0.1, 0.15) is 11.1 Å². The van der Waals surface area contributed by atoms with E-state index in [2.05, 4.69) is 0 Å². The number of ether oxygens (including phenoxy) is 1. The molecule has 92 valence electrons. The van der Waals surface area contributed by atoms with Crippen LogP contribution in [-0.2, 0) is 0 Å². The Labute approximate surface area is 111 Å². The molecule has 0 aliphatic rings. The molecule has 2 aromatic rings. The molecule has 0 spiro atoms. The fourth-order valence-corrected chi connectivity index (χ4v) is 1.77. The first kappa shape index (κ1) is 12.5. The number of halogens is 1. The summed E-state index contributed by atoms with van der Waals surface area (Å²) < 4.78 is 5.68.